The fourth-order valence-electron chi connectivity index (χ4n) is 2.63. The first kappa shape index (κ1) is 18.5. The van der Waals surface area contributed by atoms with Crippen LogP contribution in [0, 0.1) is 5.92 Å². The normalized spacial score (nSPS) is 22.1. The number of nitrogens with one attached hydrogen (secondary N) is 1. The van der Waals surface area contributed by atoms with Gasteiger partial charge in [0.2, 0.25) is 0 Å². The molecule has 1 aromatic heterocycles. The number of halogens is 3. The summed E-state index contributed by atoms with van der Waals surface area (Å²) in [5.41, 5.74) is -1.51. The van der Waals surface area contributed by atoms with Crippen LogP contribution in [-0.2, 0) is 15.7 Å². The molecule has 0 radical (unpaired) electrons. The topological polar surface area (TPSA) is 64.1 Å². The number of anilines is 1. The van der Waals surface area contributed by atoms with Crippen molar-refractivity contribution in [2.75, 3.05) is 5.32 Å². The summed E-state index contributed by atoms with van der Waals surface area (Å²) in [7, 11) is 0. The number of carbonyl (C=O) groups is 1. The lowest BCUT2D eigenvalue weighted by molar-refractivity contribution is -0.161. The fourth-order valence-corrected chi connectivity index (χ4v) is 2.63. The third kappa shape index (κ3) is 5.35. The lowest BCUT2D eigenvalue weighted by atomic mass is 9.86. The zero-order chi connectivity index (χ0) is 18.0. The number of nitrogens with zero attached hydrogens (tertiary/aromatic N) is 2. The van der Waals surface area contributed by atoms with Crippen LogP contribution in [0.2, 0.25) is 0 Å². The Hall–Kier alpha value is -1.86. The van der Waals surface area contributed by atoms with Crippen molar-refractivity contribution >= 4 is 11.8 Å². The highest BCUT2D eigenvalue weighted by Crippen LogP contribution is 2.30. The summed E-state index contributed by atoms with van der Waals surface area (Å²) >= 11 is 0. The molecule has 0 amide bonds. The number of rotatable bonds is 3. The predicted molar refractivity (Wildman–Crippen MR) is 82.2 cm³/mol. The van der Waals surface area contributed by atoms with Gasteiger partial charge in [-0.3, -0.25) is 4.79 Å². The van der Waals surface area contributed by atoms with Gasteiger partial charge in [0.25, 0.3) is 0 Å². The molecule has 8 heteroatoms. The highest BCUT2D eigenvalue weighted by molar-refractivity contribution is 5.73. The van der Waals surface area contributed by atoms with Crippen molar-refractivity contribution in [1.29, 1.82) is 0 Å². The Kier molecular flexibility index (Phi) is 5.35. The van der Waals surface area contributed by atoms with E-state index in [1.165, 1.54) is 6.07 Å². The Morgan fingerprint density at radius 1 is 1.12 bits per heavy atom. The summed E-state index contributed by atoms with van der Waals surface area (Å²) < 4.78 is 42.7. The molecule has 0 spiro atoms. The number of aromatic nitrogens is 2. The first-order chi connectivity index (χ1) is 11.0. The van der Waals surface area contributed by atoms with E-state index in [0.717, 1.165) is 18.9 Å². The largest absolute Gasteiger partial charge is 0.460 e. The SMILES string of the molecule is CC(C)(C)OC(=O)C1CCC(Nc2ccc(C(F)(F)F)nn2)CC1. The van der Waals surface area contributed by atoms with E-state index in [4.69, 9.17) is 4.74 Å². The van der Waals surface area contributed by atoms with Gasteiger partial charge in [-0.1, -0.05) is 0 Å². The molecule has 1 saturated carbocycles. The Bertz CT molecular complexity index is 559. The maximum Gasteiger partial charge on any atom is 0.435 e. The highest BCUT2D eigenvalue weighted by Gasteiger charge is 2.33. The van der Waals surface area contributed by atoms with Crippen molar-refractivity contribution in [3.05, 3.63) is 17.8 Å². The molecule has 0 atom stereocenters. The van der Waals surface area contributed by atoms with Gasteiger partial charge in [0.1, 0.15) is 11.4 Å². The molecule has 1 N–H and O–H groups in total. The Morgan fingerprint density at radius 3 is 2.21 bits per heavy atom. The van der Waals surface area contributed by atoms with Crippen LogP contribution in [0.1, 0.15) is 52.1 Å². The van der Waals surface area contributed by atoms with E-state index in [1.54, 1.807) is 0 Å². The van der Waals surface area contributed by atoms with Gasteiger partial charge in [0, 0.05) is 6.04 Å². The molecular formula is C16H22F3N3O2. The quantitative estimate of drug-likeness (QED) is 0.844. The van der Waals surface area contributed by atoms with Gasteiger partial charge in [-0.2, -0.15) is 13.2 Å². The molecule has 134 valence electrons. The minimum Gasteiger partial charge on any atom is -0.460 e. The van der Waals surface area contributed by atoms with Crippen LogP contribution in [0.25, 0.3) is 0 Å². The molecule has 1 aliphatic carbocycles. The molecule has 0 unspecified atom stereocenters. The second-order valence-electron chi connectivity index (χ2n) is 7.03. The molecule has 2 rings (SSSR count). The van der Waals surface area contributed by atoms with Crippen LogP contribution >= 0.6 is 0 Å². The summed E-state index contributed by atoms with van der Waals surface area (Å²) in [4.78, 5) is 12.0. The lowest BCUT2D eigenvalue weighted by Crippen LogP contribution is -2.34. The summed E-state index contributed by atoms with van der Waals surface area (Å²) in [5.74, 6) is -0.0000422. The maximum absolute atomic E-state index is 12.4. The van der Waals surface area contributed by atoms with Crippen LogP contribution < -0.4 is 5.32 Å². The Labute approximate surface area is 139 Å². The van der Waals surface area contributed by atoms with Gasteiger partial charge in [-0.25, -0.2) is 0 Å². The van der Waals surface area contributed by atoms with Crippen molar-refractivity contribution < 1.29 is 22.7 Å². The minimum absolute atomic E-state index is 0.0646. The van der Waals surface area contributed by atoms with Crippen molar-refractivity contribution in [1.82, 2.24) is 10.2 Å². The van der Waals surface area contributed by atoms with Crippen LogP contribution in [-0.4, -0.2) is 27.8 Å². The number of carbonyl (C=O) groups excluding carboxylic acids is 1. The average Bonchev–Trinajstić information content (AvgIpc) is 2.46. The molecule has 0 aromatic carbocycles. The predicted octanol–water partition coefficient (Wildman–Crippen LogP) is 3.81. The number of alkyl halides is 3. The van der Waals surface area contributed by atoms with Gasteiger partial charge < -0.3 is 10.1 Å². The average molecular weight is 345 g/mol. The van der Waals surface area contributed by atoms with Crippen LogP contribution in [0.5, 0.6) is 0 Å². The smallest absolute Gasteiger partial charge is 0.435 e. The number of hydrogen-bond acceptors (Lipinski definition) is 5. The summed E-state index contributed by atoms with van der Waals surface area (Å²) in [5, 5.41) is 9.83. The van der Waals surface area contributed by atoms with Crippen molar-refractivity contribution in [2.45, 2.75) is 64.3 Å². The molecule has 1 aliphatic rings. The van der Waals surface area contributed by atoms with Crippen LogP contribution in [0.15, 0.2) is 12.1 Å². The first-order valence-corrected chi connectivity index (χ1v) is 7.95. The molecule has 0 bridgehead atoms. The maximum atomic E-state index is 12.4. The van der Waals surface area contributed by atoms with Gasteiger partial charge in [-0.05, 0) is 58.6 Å². The standard InChI is InChI=1S/C16H22F3N3O2/c1-15(2,3)24-14(23)10-4-6-11(7-5-10)20-13-9-8-12(21-22-13)16(17,18)19/h8-11H,4-7H2,1-3H3,(H,20,22). The van der Waals surface area contributed by atoms with Gasteiger partial charge in [-0.15, -0.1) is 10.2 Å². The summed E-state index contributed by atoms with van der Waals surface area (Å²) in [6.07, 6.45) is -1.67. The summed E-state index contributed by atoms with van der Waals surface area (Å²) in [6, 6.07) is 2.24. The van der Waals surface area contributed by atoms with Gasteiger partial charge in [0.05, 0.1) is 5.92 Å². The molecule has 1 aromatic rings. The first-order valence-electron chi connectivity index (χ1n) is 7.95. The number of ether oxygens (including phenoxy) is 1. The fraction of sp³-hybridized carbons (Fsp3) is 0.688. The van der Waals surface area contributed by atoms with E-state index in [-0.39, 0.29) is 17.9 Å². The Morgan fingerprint density at radius 2 is 1.75 bits per heavy atom. The molecule has 1 heterocycles. The van der Waals surface area contributed by atoms with E-state index in [0.29, 0.717) is 18.7 Å². The Balaban J connectivity index is 1.84. The van der Waals surface area contributed by atoms with E-state index < -0.39 is 17.5 Å². The molecule has 0 aliphatic heterocycles. The third-order valence-electron chi connectivity index (χ3n) is 3.77. The van der Waals surface area contributed by atoms with E-state index in [1.807, 2.05) is 20.8 Å². The molecule has 24 heavy (non-hydrogen) atoms. The zero-order valence-electron chi connectivity index (χ0n) is 14.0. The van der Waals surface area contributed by atoms with Crippen LogP contribution in [0.4, 0.5) is 19.0 Å². The van der Waals surface area contributed by atoms with Crippen molar-refractivity contribution in [3.8, 4) is 0 Å². The minimum atomic E-state index is -4.49. The van der Waals surface area contributed by atoms with Crippen LogP contribution in [0.3, 0.4) is 0 Å². The van der Waals surface area contributed by atoms with Crippen molar-refractivity contribution in [2.24, 2.45) is 5.92 Å². The molecule has 0 saturated heterocycles. The molecule has 1 fully saturated rings. The van der Waals surface area contributed by atoms with E-state index in [9.17, 15) is 18.0 Å². The van der Waals surface area contributed by atoms with Crippen molar-refractivity contribution in [3.63, 3.8) is 0 Å². The zero-order valence-corrected chi connectivity index (χ0v) is 14.0. The van der Waals surface area contributed by atoms with Gasteiger partial charge in [0.15, 0.2) is 5.69 Å². The molecular weight excluding hydrogens is 323 g/mol. The third-order valence-corrected chi connectivity index (χ3v) is 3.77. The second-order valence-corrected chi connectivity index (χ2v) is 7.03. The second kappa shape index (κ2) is 6.94. The number of esters is 1. The van der Waals surface area contributed by atoms with E-state index in [2.05, 4.69) is 15.5 Å². The van der Waals surface area contributed by atoms with Gasteiger partial charge >= 0.3 is 12.1 Å². The number of hydrogen-bond donors (Lipinski definition) is 1. The summed E-state index contributed by atoms with van der Waals surface area (Å²) in [6.45, 7) is 5.50. The monoisotopic (exact) mass is 345 g/mol. The lowest BCUT2D eigenvalue weighted by Gasteiger charge is -2.30. The highest BCUT2D eigenvalue weighted by atomic mass is 19.4. The van der Waals surface area contributed by atoms with E-state index >= 15 is 0 Å². The molecule has 5 nitrogen and oxygen atoms in total.